The van der Waals surface area contributed by atoms with Crippen molar-refractivity contribution < 1.29 is 9.47 Å². The summed E-state index contributed by atoms with van der Waals surface area (Å²) in [5.41, 5.74) is 4.15. The van der Waals surface area contributed by atoms with Crippen molar-refractivity contribution in [3.8, 4) is 5.69 Å². The highest BCUT2D eigenvalue weighted by Gasteiger charge is 2.31. The first-order chi connectivity index (χ1) is 16.3. The third-order valence-electron chi connectivity index (χ3n) is 6.15. The maximum absolute atomic E-state index is 13.9. The van der Waals surface area contributed by atoms with Crippen molar-refractivity contribution in [2.45, 2.75) is 45.8 Å². The third-order valence-corrected chi connectivity index (χ3v) is 7.44. The molecule has 4 heterocycles. The summed E-state index contributed by atoms with van der Waals surface area (Å²) in [7, 11) is 1.67. The van der Waals surface area contributed by atoms with Crippen LogP contribution in [0.3, 0.4) is 0 Å². The van der Waals surface area contributed by atoms with E-state index in [2.05, 4.69) is 19.2 Å². The largest absolute Gasteiger partial charge is 0.385 e. The van der Waals surface area contributed by atoms with Crippen molar-refractivity contribution in [3.05, 3.63) is 56.5 Å². The van der Waals surface area contributed by atoms with Crippen molar-refractivity contribution >= 4 is 49.3 Å². The topological polar surface area (TPSA) is 78.3 Å². The average molecular weight is 499 g/mol. The number of aromatic nitrogens is 3. The number of halogens is 1. The lowest BCUT2D eigenvalue weighted by Crippen LogP contribution is -2.32. The van der Waals surface area contributed by atoms with Crippen molar-refractivity contribution in [1.82, 2.24) is 14.5 Å². The van der Waals surface area contributed by atoms with Gasteiger partial charge in [-0.3, -0.25) is 4.79 Å². The van der Waals surface area contributed by atoms with Crippen LogP contribution in [0.5, 0.6) is 0 Å². The van der Waals surface area contributed by atoms with Crippen molar-refractivity contribution in [3.63, 3.8) is 0 Å². The van der Waals surface area contributed by atoms with Crippen LogP contribution in [0.25, 0.3) is 26.1 Å². The minimum absolute atomic E-state index is 0.137. The number of fused-ring (bicyclic) bond motifs is 5. The summed E-state index contributed by atoms with van der Waals surface area (Å²) in [6.07, 6.45) is 1.52. The molecule has 5 rings (SSSR count). The van der Waals surface area contributed by atoms with Crippen LogP contribution in [-0.2, 0) is 22.5 Å². The summed E-state index contributed by atoms with van der Waals surface area (Å²) in [5, 5.41) is 4.87. The zero-order chi connectivity index (χ0) is 24.0. The van der Waals surface area contributed by atoms with Gasteiger partial charge in [-0.1, -0.05) is 17.7 Å². The van der Waals surface area contributed by atoms with Gasteiger partial charge in [-0.05, 0) is 51.0 Å². The number of aryl methyl sites for hydroxylation is 1. The van der Waals surface area contributed by atoms with Crippen LogP contribution in [0, 0.1) is 6.92 Å². The Morgan fingerprint density at radius 1 is 1.29 bits per heavy atom. The molecule has 1 aromatic carbocycles. The molecule has 0 saturated carbocycles. The van der Waals surface area contributed by atoms with E-state index in [0.29, 0.717) is 46.6 Å². The first kappa shape index (κ1) is 23.2. The molecule has 4 aromatic rings. The number of anilines is 1. The zero-order valence-corrected chi connectivity index (χ0v) is 21.3. The number of thiophene rings is 1. The fourth-order valence-corrected chi connectivity index (χ4v) is 5.78. The summed E-state index contributed by atoms with van der Waals surface area (Å²) in [6, 6.07) is 7.25. The number of rotatable bonds is 6. The van der Waals surface area contributed by atoms with Crippen LogP contribution >= 0.6 is 22.9 Å². The number of benzene rings is 1. The van der Waals surface area contributed by atoms with Gasteiger partial charge in [0.2, 0.25) is 5.95 Å². The Labute approximate surface area is 206 Å². The van der Waals surface area contributed by atoms with E-state index in [1.807, 2.05) is 19.1 Å². The average Bonchev–Trinajstić information content (AvgIpc) is 3.15. The number of methoxy groups -OCH3 is 1. The van der Waals surface area contributed by atoms with Gasteiger partial charge in [-0.2, -0.15) is 0 Å². The maximum Gasteiger partial charge on any atom is 0.277 e. The third kappa shape index (κ3) is 4.09. The van der Waals surface area contributed by atoms with Crippen LogP contribution in [-0.4, -0.2) is 40.4 Å². The summed E-state index contributed by atoms with van der Waals surface area (Å²) in [4.78, 5) is 24.6. The Bertz CT molecular complexity index is 1460. The Morgan fingerprint density at radius 3 is 2.88 bits per heavy atom. The number of pyridine rings is 1. The molecule has 1 aliphatic heterocycles. The highest BCUT2D eigenvalue weighted by Crippen LogP contribution is 2.40. The van der Waals surface area contributed by atoms with Crippen LogP contribution in [0.2, 0.25) is 5.02 Å². The Balaban J connectivity index is 1.79. The summed E-state index contributed by atoms with van der Waals surface area (Å²) >= 11 is 7.66. The van der Waals surface area contributed by atoms with Crippen LogP contribution in [0.1, 0.15) is 37.1 Å². The molecular weight excluding hydrogens is 472 g/mol. The van der Waals surface area contributed by atoms with Gasteiger partial charge < -0.3 is 14.8 Å². The zero-order valence-electron chi connectivity index (χ0n) is 19.7. The first-order valence-corrected chi connectivity index (χ1v) is 12.5. The predicted molar refractivity (Wildman–Crippen MR) is 138 cm³/mol. The second-order valence-electron chi connectivity index (χ2n) is 9.17. The van der Waals surface area contributed by atoms with Gasteiger partial charge in [-0.25, -0.2) is 14.5 Å². The molecule has 3 aromatic heterocycles. The van der Waals surface area contributed by atoms with E-state index in [-0.39, 0.29) is 11.2 Å². The van der Waals surface area contributed by atoms with E-state index in [1.54, 1.807) is 23.8 Å². The number of hydrogen-bond acceptors (Lipinski definition) is 7. The molecule has 0 aliphatic carbocycles. The monoisotopic (exact) mass is 498 g/mol. The molecular formula is C25H27ClN4O3S. The van der Waals surface area contributed by atoms with Gasteiger partial charge in [0.05, 0.1) is 17.9 Å². The van der Waals surface area contributed by atoms with E-state index in [9.17, 15) is 4.79 Å². The quantitative estimate of drug-likeness (QED) is 0.365. The number of ether oxygens (including phenoxy) is 2. The molecule has 0 unspecified atom stereocenters. The number of hydrogen-bond donors (Lipinski definition) is 1. The normalized spacial score (nSPS) is 15.1. The van der Waals surface area contributed by atoms with Gasteiger partial charge in [0.25, 0.3) is 5.56 Å². The van der Waals surface area contributed by atoms with Crippen LogP contribution in [0.15, 0.2) is 29.1 Å². The van der Waals surface area contributed by atoms with E-state index in [4.69, 9.17) is 31.0 Å². The standard InChI is InChI=1S/C25H27ClN4O3S/c1-14-18-13-33-25(2,3)12-17(18)19-20-21(34-22(19)28-14)23(31)30(16-8-5-7-15(26)11-16)24(29-20)27-9-6-10-32-4/h5,7-8,11H,6,9-10,12-13H2,1-4H3,(H,27,29). The van der Waals surface area contributed by atoms with Gasteiger partial charge in [0.1, 0.15) is 15.0 Å². The van der Waals surface area contributed by atoms with Crippen molar-refractivity contribution in [2.24, 2.45) is 0 Å². The molecule has 0 atom stereocenters. The molecule has 0 bridgehead atoms. The molecule has 7 nitrogen and oxygen atoms in total. The van der Waals surface area contributed by atoms with E-state index >= 15 is 0 Å². The molecule has 0 saturated heterocycles. The number of nitrogens with zero attached hydrogens (tertiary/aromatic N) is 3. The van der Waals surface area contributed by atoms with Gasteiger partial charge in [0.15, 0.2) is 0 Å². The molecule has 1 N–H and O–H groups in total. The van der Waals surface area contributed by atoms with E-state index < -0.39 is 0 Å². The second kappa shape index (κ2) is 8.92. The second-order valence-corrected chi connectivity index (χ2v) is 10.6. The summed E-state index contributed by atoms with van der Waals surface area (Å²) < 4.78 is 13.4. The smallest absolute Gasteiger partial charge is 0.277 e. The molecule has 9 heteroatoms. The highest BCUT2D eigenvalue weighted by atomic mass is 35.5. The van der Waals surface area contributed by atoms with Gasteiger partial charge >= 0.3 is 0 Å². The Morgan fingerprint density at radius 2 is 2.12 bits per heavy atom. The molecule has 1 aliphatic rings. The van der Waals surface area contributed by atoms with Gasteiger partial charge in [0, 0.05) is 48.3 Å². The molecule has 0 fully saturated rings. The SMILES string of the molecule is COCCCNc1nc2c(sc3nc(C)c4c(c32)CC(C)(C)OC4)c(=O)n1-c1cccc(Cl)c1. The molecule has 178 valence electrons. The predicted octanol–water partition coefficient (Wildman–Crippen LogP) is 5.26. The van der Waals surface area contributed by atoms with Crippen LogP contribution in [0.4, 0.5) is 5.95 Å². The lowest BCUT2D eigenvalue weighted by atomic mass is 9.89. The molecule has 34 heavy (non-hydrogen) atoms. The fourth-order valence-electron chi connectivity index (χ4n) is 4.48. The van der Waals surface area contributed by atoms with E-state index in [1.165, 1.54) is 16.9 Å². The fraction of sp³-hybridized carbons (Fsp3) is 0.400. The minimum atomic E-state index is -0.293. The maximum atomic E-state index is 13.9. The van der Waals surface area contributed by atoms with Crippen molar-refractivity contribution in [1.29, 1.82) is 0 Å². The summed E-state index contributed by atoms with van der Waals surface area (Å²) in [6.45, 7) is 7.93. The summed E-state index contributed by atoms with van der Waals surface area (Å²) in [5.74, 6) is 0.483. The highest BCUT2D eigenvalue weighted by molar-refractivity contribution is 7.25. The van der Waals surface area contributed by atoms with Crippen molar-refractivity contribution in [2.75, 3.05) is 25.6 Å². The lowest BCUT2D eigenvalue weighted by Gasteiger charge is -2.32. The first-order valence-electron chi connectivity index (χ1n) is 11.3. The molecule has 0 amide bonds. The Hall–Kier alpha value is -2.52. The van der Waals surface area contributed by atoms with E-state index in [0.717, 1.165) is 34.3 Å². The van der Waals surface area contributed by atoms with Crippen LogP contribution < -0.4 is 10.9 Å². The van der Waals surface area contributed by atoms with Gasteiger partial charge in [-0.15, -0.1) is 11.3 Å². The minimum Gasteiger partial charge on any atom is -0.385 e. The molecule has 0 radical (unpaired) electrons. The molecule has 0 spiro atoms. The lowest BCUT2D eigenvalue weighted by molar-refractivity contribution is -0.0400. The number of nitrogens with one attached hydrogen (secondary N) is 1. The Kier molecular flexibility index (Phi) is 6.10.